The van der Waals surface area contributed by atoms with Crippen molar-refractivity contribution in [1.82, 2.24) is 24.8 Å². The van der Waals surface area contributed by atoms with Crippen LogP contribution in [-0.2, 0) is 0 Å². The Morgan fingerprint density at radius 1 is 0.829 bits per heavy atom. The minimum atomic E-state index is 0.581. The van der Waals surface area contributed by atoms with Crippen LogP contribution in [0.5, 0.6) is 0 Å². The molecule has 35 heavy (non-hydrogen) atoms. The molecule has 0 radical (unpaired) electrons. The van der Waals surface area contributed by atoms with Crippen LogP contribution in [0.1, 0.15) is 5.56 Å². The van der Waals surface area contributed by atoms with Gasteiger partial charge < -0.3 is 15.1 Å². The summed E-state index contributed by atoms with van der Waals surface area (Å²) in [6.07, 6.45) is 5.31. The van der Waals surface area contributed by atoms with Crippen LogP contribution in [-0.4, -0.2) is 58.1 Å². The molecule has 3 aromatic carbocycles. The summed E-state index contributed by atoms with van der Waals surface area (Å²) in [5.74, 6) is 0.581. The zero-order valence-corrected chi connectivity index (χ0v) is 19.9. The van der Waals surface area contributed by atoms with Gasteiger partial charge in [-0.05, 0) is 55.4 Å². The number of aryl methyl sites for hydroxylation is 1. The molecule has 0 atom stereocenters. The number of nitrogens with one attached hydrogen (secondary N) is 1. The molecule has 1 aliphatic heterocycles. The average molecular weight is 462 g/mol. The highest BCUT2D eigenvalue weighted by Crippen LogP contribution is 2.30. The first-order valence-corrected chi connectivity index (χ1v) is 11.9. The molecule has 0 bridgehead atoms. The van der Waals surface area contributed by atoms with Crippen molar-refractivity contribution < 1.29 is 0 Å². The van der Waals surface area contributed by atoms with Crippen molar-refractivity contribution in [2.75, 3.05) is 43.4 Å². The molecule has 1 fully saturated rings. The van der Waals surface area contributed by atoms with Gasteiger partial charge in [0.1, 0.15) is 0 Å². The zero-order valence-electron chi connectivity index (χ0n) is 19.9. The van der Waals surface area contributed by atoms with Crippen LogP contribution in [0.15, 0.2) is 73.2 Å². The number of rotatable bonds is 4. The van der Waals surface area contributed by atoms with Crippen LogP contribution in [0.25, 0.3) is 33.1 Å². The fourth-order valence-electron chi connectivity index (χ4n) is 4.74. The maximum atomic E-state index is 4.90. The second-order valence-corrected chi connectivity index (χ2v) is 9.11. The van der Waals surface area contributed by atoms with E-state index in [-0.39, 0.29) is 0 Å². The lowest BCUT2D eigenvalue weighted by atomic mass is 10.0. The van der Waals surface area contributed by atoms with Gasteiger partial charge in [0, 0.05) is 67.1 Å². The fraction of sp³-hybridized carbons (Fsp3) is 0.214. The normalized spacial score (nSPS) is 14.5. The minimum absolute atomic E-state index is 0.581. The van der Waals surface area contributed by atoms with Crippen LogP contribution < -0.4 is 10.2 Å². The van der Waals surface area contributed by atoms with Gasteiger partial charge in [-0.3, -0.25) is 9.97 Å². The molecule has 1 saturated heterocycles. The Morgan fingerprint density at radius 2 is 1.66 bits per heavy atom. The number of likely N-dealkylation sites (N-methyl/N-ethyl adjacent to an activating group) is 1. The Hall–Kier alpha value is -4.10. The van der Waals surface area contributed by atoms with E-state index in [0.29, 0.717) is 5.95 Å². The molecule has 7 heteroatoms. The van der Waals surface area contributed by atoms with Crippen molar-refractivity contribution >= 4 is 39.3 Å². The van der Waals surface area contributed by atoms with Gasteiger partial charge in [0.05, 0.1) is 16.6 Å². The van der Waals surface area contributed by atoms with E-state index in [2.05, 4.69) is 80.4 Å². The molecular weight excluding hydrogens is 434 g/mol. The van der Waals surface area contributed by atoms with Crippen LogP contribution in [0.3, 0.4) is 0 Å². The summed E-state index contributed by atoms with van der Waals surface area (Å²) in [7, 11) is 2.18. The quantitative estimate of drug-likeness (QED) is 0.402. The molecule has 5 aromatic rings. The van der Waals surface area contributed by atoms with Gasteiger partial charge in [0.15, 0.2) is 0 Å². The molecule has 0 unspecified atom stereocenters. The predicted octanol–water partition coefficient (Wildman–Crippen LogP) is 5.04. The number of aromatic nitrogens is 4. The van der Waals surface area contributed by atoms with Gasteiger partial charge in [-0.1, -0.05) is 24.3 Å². The Morgan fingerprint density at radius 3 is 2.49 bits per heavy atom. The van der Waals surface area contributed by atoms with Crippen LogP contribution in [0.2, 0.25) is 0 Å². The maximum Gasteiger partial charge on any atom is 0.227 e. The highest BCUT2D eigenvalue weighted by Gasteiger charge is 2.16. The highest BCUT2D eigenvalue weighted by atomic mass is 15.2. The molecular formula is C28H27N7. The summed E-state index contributed by atoms with van der Waals surface area (Å²) in [5.41, 5.74) is 8.28. The van der Waals surface area contributed by atoms with Crippen molar-refractivity contribution in [2.24, 2.45) is 0 Å². The molecule has 6 rings (SSSR count). The summed E-state index contributed by atoms with van der Waals surface area (Å²) in [6.45, 7) is 6.47. The van der Waals surface area contributed by atoms with Crippen molar-refractivity contribution in [3.63, 3.8) is 0 Å². The molecule has 7 nitrogen and oxygen atoms in total. The SMILES string of the molecule is Cc1cc(Nc2ncc3cccc(-c4ccc5nccnc5c4)c3n2)ccc1N1CCN(C)CC1. The van der Waals surface area contributed by atoms with Crippen LogP contribution >= 0.6 is 0 Å². The van der Waals surface area contributed by atoms with Gasteiger partial charge >= 0.3 is 0 Å². The first kappa shape index (κ1) is 21.4. The molecule has 1 N–H and O–H groups in total. The summed E-state index contributed by atoms with van der Waals surface area (Å²) < 4.78 is 0. The van der Waals surface area contributed by atoms with Crippen molar-refractivity contribution in [3.05, 3.63) is 78.8 Å². The van der Waals surface area contributed by atoms with Crippen molar-refractivity contribution in [3.8, 4) is 11.1 Å². The first-order valence-electron chi connectivity index (χ1n) is 11.9. The van der Waals surface area contributed by atoms with Crippen LogP contribution in [0.4, 0.5) is 17.3 Å². The van der Waals surface area contributed by atoms with E-state index in [4.69, 9.17) is 4.98 Å². The summed E-state index contributed by atoms with van der Waals surface area (Å²) >= 11 is 0. The summed E-state index contributed by atoms with van der Waals surface area (Å²) in [5, 5.41) is 4.41. The standard InChI is InChI=1S/C28H27N7/c1-19-16-22(7-9-26(19)35-14-12-34(2)13-15-35)32-28-31-18-21-4-3-5-23(27(21)33-28)20-6-8-24-25(17-20)30-11-10-29-24/h3-11,16-18H,12-15H2,1-2H3,(H,31,32,33). The molecule has 1 aliphatic rings. The Kier molecular flexibility index (Phi) is 5.47. The van der Waals surface area contributed by atoms with E-state index in [1.165, 1.54) is 11.3 Å². The second kappa shape index (κ2) is 8.92. The molecule has 3 heterocycles. The largest absolute Gasteiger partial charge is 0.369 e. The summed E-state index contributed by atoms with van der Waals surface area (Å²) in [6, 6.07) is 18.8. The van der Waals surface area contributed by atoms with E-state index in [1.807, 2.05) is 24.4 Å². The Balaban J connectivity index is 1.31. The third-order valence-electron chi connectivity index (χ3n) is 6.69. The zero-order chi connectivity index (χ0) is 23.8. The van der Waals surface area contributed by atoms with E-state index in [1.54, 1.807) is 12.4 Å². The third kappa shape index (κ3) is 4.26. The second-order valence-electron chi connectivity index (χ2n) is 9.11. The number of nitrogens with zero attached hydrogens (tertiary/aromatic N) is 6. The van der Waals surface area contributed by atoms with Gasteiger partial charge in [0.25, 0.3) is 0 Å². The number of hydrogen-bond donors (Lipinski definition) is 1. The Labute approximate surface area is 204 Å². The number of hydrogen-bond acceptors (Lipinski definition) is 7. The van der Waals surface area contributed by atoms with E-state index in [0.717, 1.165) is 64.9 Å². The number of benzene rings is 3. The smallest absolute Gasteiger partial charge is 0.227 e. The number of anilines is 3. The van der Waals surface area contributed by atoms with Gasteiger partial charge in [-0.2, -0.15) is 0 Å². The van der Waals surface area contributed by atoms with E-state index >= 15 is 0 Å². The van der Waals surface area contributed by atoms with Crippen molar-refractivity contribution in [1.29, 1.82) is 0 Å². The van der Waals surface area contributed by atoms with Crippen LogP contribution in [0, 0.1) is 6.92 Å². The number of para-hydroxylation sites is 1. The molecule has 174 valence electrons. The topological polar surface area (TPSA) is 70.1 Å². The predicted molar refractivity (Wildman–Crippen MR) is 142 cm³/mol. The molecule has 0 aliphatic carbocycles. The van der Waals surface area contributed by atoms with E-state index in [9.17, 15) is 0 Å². The lowest BCUT2D eigenvalue weighted by Crippen LogP contribution is -2.44. The maximum absolute atomic E-state index is 4.90. The van der Waals surface area contributed by atoms with E-state index < -0.39 is 0 Å². The molecule has 2 aromatic heterocycles. The van der Waals surface area contributed by atoms with Gasteiger partial charge in [0.2, 0.25) is 5.95 Å². The third-order valence-corrected chi connectivity index (χ3v) is 6.69. The fourth-order valence-corrected chi connectivity index (χ4v) is 4.74. The number of fused-ring (bicyclic) bond motifs is 2. The highest BCUT2D eigenvalue weighted by molar-refractivity contribution is 5.95. The monoisotopic (exact) mass is 461 g/mol. The summed E-state index contributed by atoms with van der Waals surface area (Å²) in [4.78, 5) is 23.2. The molecule has 0 amide bonds. The van der Waals surface area contributed by atoms with Crippen molar-refractivity contribution in [2.45, 2.75) is 6.92 Å². The van der Waals surface area contributed by atoms with Gasteiger partial charge in [-0.15, -0.1) is 0 Å². The number of piperazine rings is 1. The first-order chi connectivity index (χ1) is 17.1. The Bertz CT molecular complexity index is 1520. The minimum Gasteiger partial charge on any atom is -0.369 e. The lowest BCUT2D eigenvalue weighted by molar-refractivity contribution is 0.312. The molecule has 0 saturated carbocycles. The molecule has 0 spiro atoms. The lowest BCUT2D eigenvalue weighted by Gasteiger charge is -2.35. The van der Waals surface area contributed by atoms with Gasteiger partial charge in [-0.25, -0.2) is 9.97 Å². The average Bonchev–Trinajstić information content (AvgIpc) is 2.89.